The van der Waals surface area contributed by atoms with Crippen molar-refractivity contribution in [1.29, 1.82) is 0 Å². The molecule has 0 aliphatic rings. The Morgan fingerprint density at radius 3 is 3.13 bits per heavy atom. The lowest BCUT2D eigenvalue weighted by Gasteiger charge is -2.02. The van der Waals surface area contributed by atoms with Crippen molar-refractivity contribution < 1.29 is 4.79 Å². The number of carbonyl (C=O) groups excluding carboxylic acids is 1. The topological polar surface area (TPSA) is 76.5 Å². The number of H-pyrrole nitrogens is 1. The van der Waals surface area contributed by atoms with Crippen LogP contribution in [0.2, 0.25) is 0 Å². The van der Waals surface area contributed by atoms with Gasteiger partial charge in [-0.05, 0) is 12.5 Å². The van der Waals surface area contributed by atoms with Crippen LogP contribution in [0.25, 0.3) is 0 Å². The quantitative estimate of drug-likeness (QED) is 0.743. The maximum absolute atomic E-state index is 11.9. The number of aromatic nitrogens is 5. The Bertz CT molecular complexity index is 445. The molecule has 0 atom stereocenters. The van der Waals surface area contributed by atoms with E-state index in [1.165, 1.54) is 6.20 Å². The molecule has 15 heavy (non-hydrogen) atoms. The van der Waals surface area contributed by atoms with Gasteiger partial charge >= 0.3 is 0 Å². The number of aryl methyl sites for hydroxylation is 1. The summed E-state index contributed by atoms with van der Waals surface area (Å²) in [5.41, 5.74) is 0.860. The molecule has 0 saturated carbocycles. The molecule has 1 N–H and O–H groups in total. The van der Waals surface area contributed by atoms with Crippen LogP contribution in [-0.2, 0) is 6.54 Å². The Hall–Kier alpha value is -1.98. The van der Waals surface area contributed by atoms with E-state index in [4.69, 9.17) is 0 Å². The first-order chi connectivity index (χ1) is 7.33. The van der Waals surface area contributed by atoms with Crippen molar-refractivity contribution in [2.75, 3.05) is 0 Å². The molecule has 6 nitrogen and oxygen atoms in total. The number of rotatable bonds is 4. The molecular formula is C9H11N5O. The molecule has 0 unspecified atom stereocenters. The molecule has 0 fully saturated rings. The van der Waals surface area contributed by atoms with E-state index in [0.29, 0.717) is 11.4 Å². The van der Waals surface area contributed by atoms with Gasteiger partial charge in [-0.1, -0.05) is 6.92 Å². The summed E-state index contributed by atoms with van der Waals surface area (Å²) in [6, 6.07) is 1.69. The molecule has 0 spiro atoms. The summed E-state index contributed by atoms with van der Waals surface area (Å²) >= 11 is 0. The fraction of sp³-hybridized carbons (Fsp3) is 0.333. The Morgan fingerprint density at radius 1 is 1.60 bits per heavy atom. The third-order valence-corrected chi connectivity index (χ3v) is 2.03. The van der Waals surface area contributed by atoms with Gasteiger partial charge in [0, 0.05) is 12.7 Å². The number of nitrogens with one attached hydrogen (secondary N) is 1. The lowest BCUT2D eigenvalue weighted by atomic mass is 10.2. The summed E-state index contributed by atoms with van der Waals surface area (Å²) in [7, 11) is 0. The average molecular weight is 205 g/mol. The van der Waals surface area contributed by atoms with E-state index in [-0.39, 0.29) is 5.78 Å². The van der Waals surface area contributed by atoms with Crippen LogP contribution in [-0.4, -0.2) is 31.0 Å². The number of nitrogens with zero attached hydrogens (tertiary/aromatic N) is 4. The summed E-state index contributed by atoms with van der Waals surface area (Å²) in [4.78, 5) is 11.9. The van der Waals surface area contributed by atoms with Crippen LogP contribution in [0.5, 0.6) is 0 Å². The maximum Gasteiger partial charge on any atom is 0.232 e. The molecule has 0 aromatic carbocycles. The first-order valence-corrected chi connectivity index (χ1v) is 4.75. The van der Waals surface area contributed by atoms with E-state index in [9.17, 15) is 4.79 Å². The van der Waals surface area contributed by atoms with E-state index < -0.39 is 0 Å². The molecule has 0 aliphatic carbocycles. The molecule has 0 amide bonds. The van der Waals surface area contributed by atoms with E-state index in [2.05, 4.69) is 20.5 Å². The third-order valence-electron chi connectivity index (χ3n) is 2.03. The van der Waals surface area contributed by atoms with Gasteiger partial charge in [0.05, 0.1) is 6.20 Å². The summed E-state index contributed by atoms with van der Waals surface area (Å²) < 4.78 is 1.68. The molecule has 6 heteroatoms. The summed E-state index contributed by atoms with van der Waals surface area (Å²) in [5.74, 6) is -0.158. The van der Waals surface area contributed by atoms with Gasteiger partial charge in [-0.3, -0.25) is 9.48 Å². The van der Waals surface area contributed by atoms with E-state index >= 15 is 0 Å². The third kappa shape index (κ3) is 1.78. The zero-order valence-corrected chi connectivity index (χ0v) is 8.34. The molecule has 2 rings (SSSR count). The zero-order chi connectivity index (χ0) is 10.7. The second kappa shape index (κ2) is 4.04. The van der Waals surface area contributed by atoms with Crippen molar-refractivity contribution >= 4 is 5.78 Å². The monoisotopic (exact) mass is 205 g/mol. The number of carbonyl (C=O) groups is 1. The molecule has 0 radical (unpaired) electrons. The fourth-order valence-corrected chi connectivity index (χ4v) is 1.36. The highest BCUT2D eigenvalue weighted by atomic mass is 16.1. The molecule has 0 saturated heterocycles. The summed E-state index contributed by atoms with van der Waals surface area (Å²) in [6.45, 7) is 2.76. The molecule has 2 aromatic rings. The normalized spacial score (nSPS) is 10.5. The Balaban J connectivity index is 2.29. The predicted molar refractivity (Wildman–Crippen MR) is 52.3 cm³/mol. The summed E-state index contributed by atoms with van der Waals surface area (Å²) in [5, 5.41) is 13.8. The van der Waals surface area contributed by atoms with Gasteiger partial charge in [0.1, 0.15) is 5.69 Å². The lowest BCUT2D eigenvalue weighted by molar-refractivity contribution is 0.102. The molecular weight excluding hydrogens is 194 g/mol. The van der Waals surface area contributed by atoms with Crippen LogP contribution in [0.1, 0.15) is 29.5 Å². The number of hydrogen-bond donors (Lipinski definition) is 1. The average Bonchev–Trinajstić information content (AvgIpc) is 2.87. The first-order valence-electron chi connectivity index (χ1n) is 4.75. The van der Waals surface area contributed by atoms with Crippen molar-refractivity contribution in [3.8, 4) is 0 Å². The Labute approximate surface area is 86.3 Å². The van der Waals surface area contributed by atoms with Crippen LogP contribution in [0, 0.1) is 0 Å². The van der Waals surface area contributed by atoms with Gasteiger partial charge < -0.3 is 0 Å². The van der Waals surface area contributed by atoms with Crippen LogP contribution in [0.4, 0.5) is 0 Å². The van der Waals surface area contributed by atoms with Crippen molar-refractivity contribution in [2.45, 2.75) is 19.9 Å². The standard InChI is InChI=1S/C9H11N5O/c1-2-5-14-8(3-4-11-14)9(15)7-6-10-13-12-7/h3-4,6H,2,5H2,1H3,(H,10,12,13). The Kier molecular flexibility index (Phi) is 2.57. The fourth-order valence-electron chi connectivity index (χ4n) is 1.36. The number of ketones is 1. The highest BCUT2D eigenvalue weighted by molar-refractivity contribution is 6.06. The smallest absolute Gasteiger partial charge is 0.232 e. The number of aromatic amines is 1. The molecule has 0 aliphatic heterocycles. The van der Waals surface area contributed by atoms with Crippen molar-refractivity contribution in [3.05, 3.63) is 29.8 Å². The highest BCUT2D eigenvalue weighted by Gasteiger charge is 2.15. The van der Waals surface area contributed by atoms with E-state index in [1.807, 2.05) is 6.92 Å². The molecule has 78 valence electrons. The maximum atomic E-state index is 11.9. The lowest BCUT2D eigenvalue weighted by Crippen LogP contribution is -2.11. The van der Waals surface area contributed by atoms with E-state index in [0.717, 1.165) is 13.0 Å². The van der Waals surface area contributed by atoms with Gasteiger partial charge in [0.15, 0.2) is 5.69 Å². The van der Waals surface area contributed by atoms with Gasteiger partial charge in [-0.25, -0.2) is 0 Å². The minimum atomic E-state index is -0.158. The molecule has 0 bridgehead atoms. The number of hydrogen-bond acceptors (Lipinski definition) is 4. The van der Waals surface area contributed by atoms with Gasteiger partial charge in [0.25, 0.3) is 0 Å². The van der Waals surface area contributed by atoms with Gasteiger partial charge in [0.2, 0.25) is 5.78 Å². The van der Waals surface area contributed by atoms with Crippen LogP contribution < -0.4 is 0 Å². The predicted octanol–water partition coefficient (Wildman–Crippen LogP) is 0.642. The van der Waals surface area contributed by atoms with Crippen LogP contribution in [0.3, 0.4) is 0 Å². The van der Waals surface area contributed by atoms with Crippen molar-refractivity contribution in [3.63, 3.8) is 0 Å². The second-order valence-electron chi connectivity index (χ2n) is 3.12. The zero-order valence-electron chi connectivity index (χ0n) is 8.34. The largest absolute Gasteiger partial charge is 0.285 e. The highest BCUT2D eigenvalue weighted by Crippen LogP contribution is 2.06. The van der Waals surface area contributed by atoms with Gasteiger partial charge in [-0.2, -0.15) is 20.5 Å². The minimum absolute atomic E-state index is 0.158. The SMILES string of the molecule is CCCn1nccc1C(=O)c1cn[nH]n1. The Morgan fingerprint density at radius 2 is 2.47 bits per heavy atom. The summed E-state index contributed by atoms with van der Waals surface area (Å²) in [6.07, 6.45) is 3.95. The van der Waals surface area contributed by atoms with Gasteiger partial charge in [-0.15, -0.1) is 0 Å². The van der Waals surface area contributed by atoms with E-state index in [1.54, 1.807) is 16.9 Å². The second-order valence-corrected chi connectivity index (χ2v) is 3.12. The first kappa shape index (κ1) is 9.57. The van der Waals surface area contributed by atoms with Crippen molar-refractivity contribution in [1.82, 2.24) is 25.2 Å². The van der Waals surface area contributed by atoms with Crippen LogP contribution in [0.15, 0.2) is 18.5 Å². The van der Waals surface area contributed by atoms with Crippen molar-refractivity contribution in [2.24, 2.45) is 0 Å². The minimum Gasteiger partial charge on any atom is -0.285 e. The molecule has 2 aromatic heterocycles. The molecule has 2 heterocycles. The van der Waals surface area contributed by atoms with Crippen LogP contribution >= 0.6 is 0 Å².